The molecule has 0 aliphatic carbocycles. The van der Waals surface area contributed by atoms with Crippen molar-refractivity contribution in [1.82, 2.24) is 63.1 Å². The highest BCUT2D eigenvalue weighted by atomic mass is 79.9. The van der Waals surface area contributed by atoms with Crippen LogP contribution in [0.4, 0.5) is 19.2 Å². The molecular weight excluding hydrogens is 1450 g/mol. The molecule has 534 valence electrons. The van der Waals surface area contributed by atoms with E-state index < -0.39 is 64.5 Å². The van der Waals surface area contributed by atoms with Crippen molar-refractivity contribution in [2.45, 2.75) is 225 Å². The Morgan fingerprint density at radius 3 is 1.15 bits per heavy atom. The fourth-order valence-corrected chi connectivity index (χ4v) is 12.0. The fraction of sp³-hybridized carbons (Fsp3) is 0.672. The van der Waals surface area contributed by atoms with Gasteiger partial charge in [-0.25, -0.2) is 53.5 Å². The predicted octanol–water partition coefficient (Wildman–Crippen LogP) is 11.4. The van der Waals surface area contributed by atoms with Crippen LogP contribution in [-0.2, 0) is 85.6 Å². The van der Waals surface area contributed by atoms with Gasteiger partial charge in [0, 0.05) is 65.8 Å². The summed E-state index contributed by atoms with van der Waals surface area (Å²) >= 11 is 10.1. The van der Waals surface area contributed by atoms with Gasteiger partial charge in [-0.3, -0.25) is 9.59 Å². The average Bonchev–Trinajstić information content (AvgIpc) is 1.69. The summed E-state index contributed by atoms with van der Waals surface area (Å²) in [5.41, 5.74) is 0.654. The number of nitrogens with one attached hydrogen (secondary N) is 1. The molecule has 0 bridgehead atoms. The van der Waals surface area contributed by atoms with E-state index in [2.05, 4.69) is 73.0 Å². The summed E-state index contributed by atoms with van der Waals surface area (Å²) in [5.74, 6) is -2.90. The van der Waals surface area contributed by atoms with Crippen molar-refractivity contribution in [3.63, 3.8) is 0 Å². The highest BCUT2D eigenvalue weighted by Gasteiger charge is 2.38. The molecule has 0 aromatic carbocycles. The molecule has 4 aliphatic rings. The summed E-state index contributed by atoms with van der Waals surface area (Å²) in [7, 11) is 1.57. The summed E-state index contributed by atoms with van der Waals surface area (Å²) in [4.78, 5) is 133. The van der Waals surface area contributed by atoms with Crippen LogP contribution in [-0.4, -0.2) is 186 Å². The average molecular weight is 1540 g/mol. The van der Waals surface area contributed by atoms with Crippen LogP contribution in [0.5, 0.6) is 0 Å². The van der Waals surface area contributed by atoms with Crippen LogP contribution in [0.15, 0.2) is 20.5 Å². The monoisotopic (exact) mass is 1540 g/mol. The number of rotatable bonds is 9. The van der Waals surface area contributed by atoms with E-state index >= 15 is 0 Å². The van der Waals surface area contributed by atoms with Crippen LogP contribution in [0.3, 0.4) is 0 Å². The minimum atomic E-state index is -1.10. The number of aromatic nitrogens is 8. The minimum Gasteiger partial charge on any atom is -0.476 e. The number of imidazole rings is 4. The van der Waals surface area contributed by atoms with Crippen molar-refractivity contribution in [3.8, 4) is 0 Å². The molecule has 5 amide bonds. The van der Waals surface area contributed by atoms with Gasteiger partial charge >= 0.3 is 42.3 Å². The van der Waals surface area contributed by atoms with E-state index in [1.165, 1.54) is 4.90 Å². The third-order valence-electron chi connectivity index (χ3n) is 14.7. The summed E-state index contributed by atoms with van der Waals surface area (Å²) in [5, 5.41) is 11.9. The lowest BCUT2D eigenvalue weighted by atomic mass is 9.77. The number of amides is 5. The Morgan fingerprint density at radius 2 is 0.802 bits per heavy atom. The second-order valence-electron chi connectivity index (χ2n) is 28.1. The predicted molar refractivity (Wildman–Crippen MR) is 362 cm³/mol. The second-order valence-corrected chi connectivity index (χ2v) is 30.3. The molecule has 2 N–H and O–H groups in total. The molecule has 0 fully saturated rings. The van der Waals surface area contributed by atoms with Gasteiger partial charge in [0.2, 0.25) is 5.91 Å². The Balaban J connectivity index is 0.000000234. The van der Waals surface area contributed by atoms with Gasteiger partial charge in [0.05, 0.1) is 74.4 Å². The van der Waals surface area contributed by atoms with Gasteiger partial charge in [-0.1, -0.05) is 20.8 Å². The Labute approximate surface area is 586 Å². The van der Waals surface area contributed by atoms with Gasteiger partial charge in [-0.15, -0.1) is 0 Å². The van der Waals surface area contributed by atoms with Gasteiger partial charge in [0.15, 0.2) is 37.1 Å². The number of aromatic carboxylic acids is 1. The molecule has 0 unspecified atom stereocenters. The van der Waals surface area contributed by atoms with Crippen LogP contribution in [0.25, 0.3) is 0 Å². The van der Waals surface area contributed by atoms with E-state index in [4.69, 9.17) is 28.4 Å². The number of carbonyl (C=O) groups is 9. The van der Waals surface area contributed by atoms with Crippen LogP contribution in [0, 0.1) is 11.3 Å². The van der Waals surface area contributed by atoms with Crippen molar-refractivity contribution in [1.29, 1.82) is 0 Å². The zero-order valence-electron chi connectivity index (χ0n) is 58.7. The second kappa shape index (κ2) is 33.4. The molecule has 1 atom stereocenters. The first-order valence-electron chi connectivity index (χ1n) is 32.0. The molecule has 32 heteroatoms. The topological polar surface area (TPSA) is 326 Å². The lowest BCUT2D eigenvalue weighted by Crippen LogP contribution is -2.38. The molecule has 4 aromatic heterocycles. The molecule has 4 aliphatic heterocycles. The molecule has 29 nitrogen and oxygen atoms in total. The first kappa shape index (κ1) is 79.6. The number of carboxylic acid groups (broad SMARTS) is 1. The third kappa shape index (κ3) is 22.8. The number of halogens is 3. The lowest BCUT2D eigenvalue weighted by Gasteiger charge is -2.28. The number of ketones is 1. The van der Waals surface area contributed by atoms with E-state index in [-0.39, 0.29) is 72.9 Å². The zero-order chi connectivity index (χ0) is 72.2. The number of hydrogen-bond donors (Lipinski definition) is 2. The zero-order valence-corrected chi connectivity index (χ0v) is 63.4. The minimum absolute atomic E-state index is 0.0302. The molecule has 8 heterocycles. The van der Waals surface area contributed by atoms with Gasteiger partial charge in [0.25, 0.3) is 0 Å². The van der Waals surface area contributed by atoms with E-state index in [0.29, 0.717) is 115 Å². The smallest absolute Gasteiger partial charge is 0.410 e. The van der Waals surface area contributed by atoms with Crippen LogP contribution < -0.4 is 5.32 Å². The van der Waals surface area contributed by atoms with Crippen LogP contribution in [0.2, 0.25) is 0 Å². The SMILES string of the molecule is CC(C)(C)OC(=O)N1CCCn2c(Br)nc(C(=O)O)c2C1.CCOC(=O)c1nc(Br)n2c1CN(C(=O)OC(C)(C)C)CCC2.CCOC(=O)c1ncn2c1CN(C(=O)OC(C)(C)C)CCC2.CNC(=O)[C@@H](CC(=O)c1nc(Br)n2c1CN(C(=O)OC(C)(C)C)CCC2)C(C)(C)C. The Morgan fingerprint density at radius 1 is 0.479 bits per heavy atom. The van der Waals surface area contributed by atoms with E-state index in [0.717, 1.165) is 19.3 Å². The summed E-state index contributed by atoms with van der Waals surface area (Å²) in [6.45, 7) is 37.5. The Kier molecular flexibility index (Phi) is 27.7. The molecule has 4 aromatic rings. The standard InChI is InChI=1S/C21H33BrN4O4.C15H22BrN3O4.C15H23N3O4.C13H18BrN3O4/c1-20(2,3)13(17(28)23-7)11-15(27)16-14-12-25(19(29)30-21(4,5)6)9-8-10-26(14)18(22)24-16;1-5-22-12(20)11-10-9-18(14(21)23-15(2,3)4)7-6-8-19(10)13(16)17-11;1-5-21-13(19)12-11-9-17(14(20)22-15(2,3)4)7-6-8-18(11)10-16-12;1-13(2,3)21-12(20)16-5-4-6-17-8(7-16)9(10(18)19)15-11(17)14/h13H,8-12H2,1-7H3,(H,23,28);5-9H2,1-4H3;10H,5-9H2,1-4H3;4-7H2,1-3H3,(H,18,19)/t13-;;;/m1.../s1. The van der Waals surface area contributed by atoms with Crippen LogP contribution in [0.1, 0.15) is 215 Å². The molecule has 0 radical (unpaired) electrons. The fourth-order valence-electron chi connectivity index (χ4n) is 10.3. The van der Waals surface area contributed by atoms with Crippen molar-refractivity contribution in [2.24, 2.45) is 11.3 Å². The molecule has 8 rings (SSSR count). The summed E-state index contributed by atoms with van der Waals surface area (Å²) in [6, 6.07) is 0. The number of hydrogen-bond acceptors (Lipinski definition) is 19. The Hall–Kier alpha value is -7.09. The van der Waals surface area contributed by atoms with Crippen LogP contribution >= 0.6 is 47.8 Å². The summed E-state index contributed by atoms with van der Waals surface area (Å²) in [6.07, 6.45) is 3.02. The van der Waals surface area contributed by atoms with Crippen molar-refractivity contribution >= 4 is 102 Å². The number of carboxylic acids is 1. The summed E-state index contributed by atoms with van der Waals surface area (Å²) < 4.78 is 40.9. The Bertz CT molecular complexity index is 3450. The molecule has 0 saturated heterocycles. The van der Waals surface area contributed by atoms with Gasteiger partial charge in [0.1, 0.15) is 28.1 Å². The first-order valence-corrected chi connectivity index (χ1v) is 34.4. The van der Waals surface area contributed by atoms with Crippen molar-refractivity contribution < 1.29 is 76.7 Å². The number of fused-ring (bicyclic) bond motifs is 4. The number of ether oxygens (including phenoxy) is 6. The third-order valence-corrected chi connectivity index (χ3v) is 16.5. The van der Waals surface area contributed by atoms with Crippen molar-refractivity contribution in [2.75, 3.05) is 46.4 Å². The maximum atomic E-state index is 13.2. The van der Waals surface area contributed by atoms with E-state index in [1.54, 1.807) is 67.3 Å². The number of aryl methyl sites for hydroxylation is 1. The number of nitrogens with zero attached hydrogens (tertiary/aromatic N) is 12. The highest BCUT2D eigenvalue weighted by molar-refractivity contribution is 9.10. The highest BCUT2D eigenvalue weighted by Crippen LogP contribution is 2.33. The van der Waals surface area contributed by atoms with E-state index in [9.17, 15) is 48.3 Å². The molecule has 0 saturated carbocycles. The number of Topliss-reactive ketones (excluding diaryl/α,β-unsaturated/α-hetero) is 1. The maximum absolute atomic E-state index is 13.2. The van der Waals surface area contributed by atoms with E-state index in [1.807, 2.05) is 96.8 Å². The van der Waals surface area contributed by atoms with Crippen molar-refractivity contribution in [3.05, 3.63) is 66.1 Å². The number of carbonyl (C=O) groups excluding carboxylic acids is 8. The molecule has 96 heavy (non-hydrogen) atoms. The van der Waals surface area contributed by atoms with Gasteiger partial charge in [-0.2, -0.15) is 0 Å². The van der Waals surface area contributed by atoms with Gasteiger partial charge in [-0.05, 0) is 176 Å². The normalized spacial score (nSPS) is 15.3. The lowest BCUT2D eigenvalue weighted by molar-refractivity contribution is -0.127. The van der Waals surface area contributed by atoms with Gasteiger partial charge < -0.3 is 76.7 Å². The maximum Gasteiger partial charge on any atom is 0.410 e. The number of esters is 2. The molecule has 0 spiro atoms. The largest absolute Gasteiger partial charge is 0.476 e. The first-order chi connectivity index (χ1) is 44.5. The quantitative estimate of drug-likeness (QED) is 0.0893. The molecular formula is C64H96Br3N13O16.